The summed E-state index contributed by atoms with van der Waals surface area (Å²) in [5.41, 5.74) is 1.72. The van der Waals surface area contributed by atoms with Gasteiger partial charge in [-0.3, -0.25) is 4.98 Å². The van der Waals surface area contributed by atoms with Crippen LogP contribution in [-0.4, -0.2) is 12.1 Å². The van der Waals surface area contributed by atoms with Gasteiger partial charge >= 0.3 is 0 Å². The van der Waals surface area contributed by atoms with Crippen molar-refractivity contribution in [3.05, 3.63) is 46.7 Å². The molecule has 2 aromatic rings. The minimum Gasteiger partial charge on any atom is -0.496 e. The van der Waals surface area contributed by atoms with Crippen LogP contribution in [0.25, 0.3) is 11.1 Å². The number of aromatic nitrogens is 1. The van der Waals surface area contributed by atoms with Crippen LogP contribution < -0.4 is 4.74 Å². The Hall–Kier alpha value is -1.25. The topological polar surface area (TPSA) is 22.1 Å². The van der Waals surface area contributed by atoms with Crippen molar-refractivity contribution in [2.24, 2.45) is 0 Å². The largest absolute Gasteiger partial charge is 0.496 e. The molecule has 0 saturated carbocycles. The van der Waals surface area contributed by atoms with Crippen LogP contribution in [0.2, 0.25) is 10.0 Å². The maximum Gasteiger partial charge on any atom is 0.128 e. The van der Waals surface area contributed by atoms with Crippen LogP contribution in [0, 0.1) is 0 Å². The first-order chi connectivity index (χ1) is 7.74. The number of rotatable bonds is 2. The van der Waals surface area contributed by atoms with E-state index < -0.39 is 0 Å². The van der Waals surface area contributed by atoms with Crippen LogP contribution >= 0.6 is 23.2 Å². The smallest absolute Gasteiger partial charge is 0.128 e. The van der Waals surface area contributed by atoms with Gasteiger partial charge in [0.25, 0.3) is 0 Å². The third-order valence-electron chi connectivity index (χ3n) is 2.25. The second kappa shape index (κ2) is 4.73. The van der Waals surface area contributed by atoms with Crippen LogP contribution in [0.4, 0.5) is 0 Å². The standard InChI is InChI=1S/C12H9Cl2NO/c1-16-10-3-2-9(13)12(14)11(10)8-4-6-15-7-5-8/h2-7H,1H3. The molecule has 0 fully saturated rings. The molecule has 0 bridgehead atoms. The minimum absolute atomic E-state index is 0.493. The highest BCUT2D eigenvalue weighted by molar-refractivity contribution is 6.44. The molecule has 0 atom stereocenters. The van der Waals surface area contributed by atoms with Gasteiger partial charge < -0.3 is 4.74 Å². The molecule has 82 valence electrons. The van der Waals surface area contributed by atoms with Gasteiger partial charge in [0.2, 0.25) is 0 Å². The molecule has 0 N–H and O–H groups in total. The van der Waals surface area contributed by atoms with Crippen LogP contribution in [-0.2, 0) is 0 Å². The number of benzene rings is 1. The number of ether oxygens (including phenoxy) is 1. The first kappa shape index (κ1) is 11.2. The quantitative estimate of drug-likeness (QED) is 0.806. The molecule has 0 aliphatic heterocycles. The summed E-state index contributed by atoms with van der Waals surface area (Å²) in [5, 5.41) is 1.00. The Morgan fingerprint density at radius 1 is 1.06 bits per heavy atom. The number of halogens is 2. The molecule has 2 rings (SSSR count). The fourth-order valence-corrected chi connectivity index (χ4v) is 1.91. The Bertz CT molecular complexity index is 500. The van der Waals surface area contributed by atoms with E-state index in [9.17, 15) is 0 Å². The molecule has 16 heavy (non-hydrogen) atoms. The van der Waals surface area contributed by atoms with Gasteiger partial charge in [-0.05, 0) is 29.8 Å². The summed E-state index contributed by atoms with van der Waals surface area (Å²) in [7, 11) is 1.60. The lowest BCUT2D eigenvalue weighted by Gasteiger charge is -2.11. The van der Waals surface area contributed by atoms with E-state index in [1.807, 2.05) is 12.1 Å². The minimum atomic E-state index is 0.493. The Labute approximate surface area is 104 Å². The molecule has 0 unspecified atom stereocenters. The fourth-order valence-electron chi connectivity index (χ4n) is 1.49. The van der Waals surface area contributed by atoms with Crippen molar-refractivity contribution >= 4 is 23.2 Å². The number of methoxy groups -OCH3 is 1. The zero-order chi connectivity index (χ0) is 11.5. The molecular formula is C12H9Cl2NO. The lowest BCUT2D eigenvalue weighted by Crippen LogP contribution is -1.89. The van der Waals surface area contributed by atoms with E-state index in [1.54, 1.807) is 31.6 Å². The predicted molar refractivity (Wildman–Crippen MR) is 66.2 cm³/mol. The Balaban J connectivity index is 2.67. The van der Waals surface area contributed by atoms with E-state index in [4.69, 9.17) is 27.9 Å². The number of hydrogen-bond acceptors (Lipinski definition) is 2. The van der Waals surface area contributed by atoms with Crippen molar-refractivity contribution in [3.63, 3.8) is 0 Å². The summed E-state index contributed by atoms with van der Waals surface area (Å²) in [6, 6.07) is 7.23. The van der Waals surface area contributed by atoms with Crippen molar-refractivity contribution < 1.29 is 4.74 Å². The number of hydrogen-bond donors (Lipinski definition) is 0. The molecule has 0 spiro atoms. The van der Waals surface area contributed by atoms with E-state index in [1.165, 1.54) is 0 Å². The normalized spacial score (nSPS) is 10.2. The molecule has 0 saturated heterocycles. The van der Waals surface area contributed by atoms with Crippen molar-refractivity contribution in [2.45, 2.75) is 0 Å². The first-order valence-electron chi connectivity index (χ1n) is 4.66. The van der Waals surface area contributed by atoms with Crippen molar-refractivity contribution in [1.82, 2.24) is 4.98 Å². The number of pyridine rings is 1. The Morgan fingerprint density at radius 3 is 2.38 bits per heavy atom. The molecule has 0 aliphatic carbocycles. The van der Waals surface area contributed by atoms with Crippen LogP contribution in [0.15, 0.2) is 36.7 Å². The van der Waals surface area contributed by atoms with Gasteiger partial charge in [-0.2, -0.15) is 0 Å². The highest BCUT2D eigenvalue weighted by atomic mass is 35.5. The average Bonchev–Trinajstić information content (AvgIpc) is 2.33. The second-order valence-electron chi connectivity index (χ2n) is 3.17. The highest BCUT2D eigenvalue weighted by Gasteiger charge is 2.13. The molecule has 1 aromatic carbocycles. The molecular weight excluding hydrogens is 245 g/mol. The maximum absolute atomic E-state index is 6.18. The first-order valence-corrected chi connectivity index (χ1v) is 5.42. The summed E-state index contributed by atoms with van der Waals surface area (Å²) < 4.78 is 5.27. The van der Waals surface area contributed by atoms with E-state index in [0.717, 1.165) is 11.1 Å². The van der Waals surface area contributed by atoms with Gasteiger partial charge in [0.15, 0.2) is 0 Å². The van der Waals surface area contributed by atoms with Gasteiger partial charge in [0.1, 0.15) is 5.75 Å². The van der Waals surface area contributed by atoms with Gasteiger partial charge in [-0.1, -0.05) is 23.2 Å². The molecule has 0 radical (unpaired) electrons. The molecule has 2 nitrogen and oxygen atoms in total. The lowest BCUT2D eigenvalue weighted by molar-refractivity contribution is 0.416. The zero-order valence-electron chi connectivity index (χ0n) is 8.58. The van der Waals surface area contributed by atoms with Gasteiger partial charge in [-0.25, -0.2) is 0 Å². The molecule has 1 heterocycles. The number of nitrogens with zero attached hydrogens (tertiary/aromatic N) is 1. The van der Waals surface area contributed by atoms with E-state index in [0.29, 0.717) is 15.8 Å². The summed E-state index contributed by atoms with van der Waals surface area (Å²) >= 11 is 12.2. The van der Waals surface area contributed by atoms with Crippen molar-refractivity contribution in [1.29, 1.82) is 0 Å². The van der Waals surface area contributed by atoms with Gasteiger partial charge in [-0.15, -0.1) is 0 Å². The summed E-state index contributed by atoms with van der Waals surface area (Å²) in [5.74, 6) is 0.695. The predicted octanol–water partition coefficient (Wildman–Crippen LogP) is 4.06. The SMILES string of the molecule is COc1ccc(Cl)c(Cl)c1-c1ccncc1. The molecule has 4 heteroatoms. The van der Waals surface area contributed by atoms with E-state index in [2.05, 4.69) is 4.98 Å². The van der Waals surface area contributed by atoms with Crippen LogP contribution in [0.5, 0.6) is 5.75 Å². The van der Waals surface area contributed by atoms with Crippen molar-refractivity contribution in [3.8, 4) is 16.9 Å². The zero-order valence-corrected chi connectivity index (χ0v) is 10.1. The van der Waals surface area contributed by atoms with Gasteiger partial charge in [0, 0.05) is 18.0 Å². The summed E-state index contributed by atoms with van der Waals surface area (Å²) in [6.45, 7) is 0. The average molecular weight is 254 g/mol. The van der Waals surface area contributed by atoms with Crippen LogP contribution in [0.1, 0.15) is 0 Å². The Morgan fingerprint density at radius 2 is 1.75 bits per heavy atom. The third-order valence-corrected chi connectivity index (χ3v) is 3.05. The Kier molecular flexibility index (Phi) is 3.32. The fraction of sp³-hybridized carbons (Fsp3) is 0.0833. The second-order valence-corrected chi connectivity index (χ2v) is 3.96. The molecule has 0 amide bonds. The lowest BCUT2D eigenvalue weighted by atomic mass is 10.1. The van der Waals surface area contributed by atoms with Crippen molar-refractivity contribution in [2.75, 3.05) is 7.11 Å². The van der Waals surface area contributed by atoms with E-state index in [-0.39, 0.29) is 0 Å². The highest BCUT2D eigenvalue weighted by Crippen LogP contribution is 2.40. The monoisotopic (exact) mass is 253 g/mol. The van der Waals surface area contributed by atoms with Gasteiger partial charge in [0.05, 0.1) is 17.2 Å². The van der Waals surface area contributed by atoms with Crippen LogP contribution in [0.3, 0.4) is 0 Å². The molecule has 0 aliphatic rings. The summed E-state index contributed by atoms with van der Waals surface area (Å²) in [4.78, 5) is 3.96. The van der Waals surface area contributed by atoms with E-state index >= 15 is 0 Å². The summed E-state index contributed by atoms with van der Waals surface area (Å²) in [6.07, 6.45) is 3.40. The third kappa shape index (κ3) is 1.99. The maximum atomic E-state index is 6.18. The molecule has 1 aromatic heterocycles.